The summed E-state index contributed by atoms with van der Waals surface area (Å²) in [5.41, 5.74) is 0.679. The van der Waals surface area contributed by atoms with E-state index in [2.05, 4.69) is 9.97 Å². The Morgan fingerprint density at radius 3 is 2.56 bits per heavy atom. The third kappa shape index (κ3) is 4.07. The van der Waals surface area contributed by atoms with Gasteiger partial charge >= 0.3 is 5.97 Å². The van der Waals surface area contributed by atoms with Crippen molar-refractivity contribution in [1.29, 1.82) is 0 Å². The number of esters is 1. The van der Waals surface area contributed by atoms with Gasteiger partial charge in [-0.05, 0) is 39.2 Å². The van der Waals surface area contributed by atoms with Gasteiger partial charge in [-0.25, -0.2) is 17.7 Å². The number of carbonyl (C=O) groups excluding carboxylic acids is 1. The quantitative estimate of drug-likeness (QED) is 0.767. The van der Waals surface area contributed by atoms with E-state index in [1.165, 1.54) is 21.9 Å². The molecule has 0 spiro atoms. The summed E-state index contributed by atoms with van der Waals surface area (Å²) in [5, 5.41) is 0.577. The lowest BCUT2D eigenvalue weighted by Crippen LogP contribution is -2.40. The van der Waals surface area contributed by atoms with Gasteiger partial charge < -0.3 is 9.72 Å². The fraction of sp³-hybridized carbons (Fsp3) is 0.588. The highest BCUT2D eigenvalue weighted by molar-refractivity contribution is 7.88. The Bertz CT molecular complexity index is 1030. The number of H-pyrrole nitrogens is 1. The molecule has 3 heterocycles. The van der Waals surface area contributed by atoms with Crippen molar-refractivity contribution in [3.63, 3.8) is 0 Å². The van der Waals surface area contributed by atoms with Gasteiger partial charge in [0.05, 0.1) is 17.6 Å². The molecule has 1 fully saturated rings. The molecule has 0 amide bonds. The maximum Gasteiger partial charge on any atom is 0.309 e. The second kappa shape index (κ2) is 7.33. The summed E-state index contributed by atoms with van der Waals surface area (Å²) in [7, 11) is -3.24. The lowest BCUT2D eigenvalue weighted by molar-refractivity contribution is -0.155. The highest BCUT2D eigenvalue weighted by Crippen LogP contribution is 2.28. The van der Waals surface area contributed by atoms with Crippen molar-refractivity contribution in [2.24, 2.45) is 5.92 Å². The minimum atomic E-state index is -3.24. The fourth-order valence-electron chi connectivity index (χ4n) is 3.21. The molecule has 1 aliphatic rings. The fourth-order valence-corrected chi connectivity index (χ4v) is 5.12. The van der Waals surface area contributed by atoms with Crippen LogP contribution in [0.25, 0.3) is 10.2 Å². The van der Waals surface area contributed by atoms with Crippen LogP contribution in [0, 0.1) is 19.8 Å². The summed E-state index contributed by atoms with van der Waals surface area (Å²) in [6, 6.07) is 0. The monoisotopic (exact) mass is 413 g/mol. The predicted molar refractivity (Wildman–Crippen MR) is 103 cm³/mol. The minimum absolute atomic E-state index is 0.235. The third-order valence-electron chi connectivity index (χ3n) is 4.99. The maximum atomic E-state index is 12.4. The number of ether oxygens (including phenoxy) is 1. The first kappa shape index (κ1) is 20.0. The number of piperidine rings is 1. The Hall–Kier alpha value is -1.78. The summed E-state index contributed by atoms with van der Waals surface area (Å²) in [4.78, 5) is 33.6. The first-order chi connectivity index (χ1) is 12.6. The summed E-state index contributed by atoms with van der Waals surface area (Å²) in [6.45, 7) is 6.11. The Kier molecular flexibility index (Phi) is 5.42. The predicted octanol–water partition coefficient (Wildman–Crippen LogP) is 1.88. The lowest BCUT2D eigenvalue weighted by atomic mass is 9.98. The number of rotatable bonds is 4. The summed E-state index contributed by atoms with van der Waals surface area (Å²) in [6.07, 6.45) is 1.32. The zero-order valence-corrected chi connectivity index (χ0v) is 17.4. The van der Waals surface area contributed by atoms with Gasteiger partial charge in [-0.1, -0.05) is 0 Å². The Labute approximate surface area is 161 Å². The maximum absolute atomic E-state index is 12.4. The van der Waals surface area contributed by atoms with Crippen molar-refractivity contribution < 1.29 is 17.9 Å². The van der Waals surface area contributed by atoms with Gasteiger partial charge in [-0.3, -0.25) is 9.59 Å². The van der Waals surface area contributed by atoms with Gasteiger partial charge in [0.1, 0.15) is 4.83 Å². The van der Waals surface area contributed by atoms with Crippen LogP contribution in [0.1, 0.15) is 42.1 Å². The van der Waals surface area contributed by atoms with Crippen LogP contribution in [-0.4, -0.2) is 48.0 Å². The molecule has 0 radical (unpaired) electrons. The van der Waals surface area contributed by atoms with Crippen molar-refractivity contribution in [2.45, 2.75) is 39.7 Å². The summed E-state index contributed by atoms with van der Waals surface area (Å²) >= 11 is 1.44. The van der Waals surface area contributed by atoms with Crippen LogP contribution < -0.4 is 5.56 Å². The summed E-state index contributed by atoms with van der Waals surface area (Å²) in [5.74, 6) is -0.431. The molecule has 2 aromatic heterocycles. The van der Waals surface area contributed by atoms with Gasteiger partial charge in [-0.2, -0.15) is 0 Å². The number of fused-ring (bicyclic) bond motifs is 1. The molecule has 148 valence electrons. The number of aryl methyl sites for hydroxylation is 2. The van der Waals surface area contributed by atoms with E-state index in [4.69, 9.17) is 4.74 Å². The van der Waals surface area contributed by atoms with E-state index < -0.39 is 22.1 Å². The number of aromatic amines is 1. The van der Waals surface area contributed by atoms with E-state index in [1.807, 2.05) is 13.8 Å². The number of thiophene rings is 1. The van der Waals surface area contributed by atoms with Crippen molar-refractivity contribution in [3.8, 4) is 0 Å². The van der Waals surface area contributed by atoms with Crippen LogP contribution in [0.3, 0.4) is 0 Å². The lowest BCUT2D eigenvalue weighted by Gasteiger charge is -2.29. The largest absolute Gasteiger partial charge is 0.454 e. The first-order valence-electron chi connectivity index (χ1n) is 8.73. The second-order valence-electron chi connectivity index (χ2n) is 6.93. The van der Waals surface area contributed by atoms with E-state index in [1.54, 1.807) is 6.92 Å². The smallest absolute Gasteiger partial charge is 0.309 e. The topological polar surface area (TPSA) is 109 Å². The number of aromatic nitrogens is 2. The molecule has 1 N–H and O–H groups in total. The number of carbonyl (C=O) groups is 1. The van der Waals surface area contributed by atoms with E-state index in [0.717, 1.165) is 10.4 Å². The number of sulfonamides is 1. The van der Waals surface area contributed by atoms with Gasteiger partial charge in [0.25, 0.3) is 5.56 Å². The van der Waals surface area contributed by atoms with Crippen LogP contribution in [0.5, 0.6) is 0 Å². The minimum Gasteiger partial charge on any atom is -0.454 e. The third-order valence-corrected chi connectivity index (χ3v) is 7.40. The first-order valence-corrected chi connectivity index (χ1v) is 11.4. The standard InChI is InChI=1S/C17H23N3O5S2/c1-9-11(3)26-16-13(9)15(21)18-14(19-16)10(2)25-17(22)12-5-7-20(8-6-12)27(4,23)24/h10,12H,5-8H2,1-4H3,(H,18,19,21). The number of hydrogen-bond acceptors (Lipinski definition) is 7. The number of nitrogens with one attached hydrogen (secondary N) is 1. The van der Waals surface area contributed by atoms with Crippen molar-refractivity contribution in [3.05, 3.63) is 26.6 Å². The molecule has 0 aromatic carbocycles. The molecule has 8 nitrogen and oxygen atoms in total. The molecule has 2 aromatic rings. The molecule has 3 rings (SSSR count). The number of nitrogens with zero attached hydrogens (tertiary/aromatic N) is 2. The molecule has 0 bridgehead atoms. The molecule has 1 saturated heterocycles. The SMILES string of the molecule is Cc1sc2nc(C(C)OC(=O)C3CCN(S(C)(=O)=O)CC3)[nH]c(=O)c2c1C. The second-order valence-corrected chi connectivity index (χ2v) is 10.1. The zero-order valence-electron chi connectivity index (χ0n) is 15.7. The van der Waals surface area contributed by atoms with Crippen LogP contribution in [-0.2, 0) is 19.6 Å². The van der Waals surface area contributed by atoms with Gasteiger partial charge in [-0.15, -0.1) is 11.3 Å². The Morgan fingerprint density at radius 1 is 1.33 bits per heavy atom. The molecular weight excluding hydrogens is 390 g/mol. The van der Waals surface area contributed by atoms with Gasteiger partial charge in [0.2, 0.25) is 10.0 Å². The van der Waals surface area contributed by atoms with Gasteiger partial charge in [0.15, 0.2) is 11.9 Å². The van der Waals surface area contributed by atoms with Crippen molar-refractivity contribution in [2.75, 3.05) is 19.3 Å². The molecule has 0 saturated carbocycles. The van der Waals surface area contributed by atoms with Gasteiger partial charge in [0, 0.05) is 18.0 Å². The van der Waals surface area contributed by atoms with E-state index in [-0.39, 0.29) is 11.5 Å². The average Bonchev–Trinajstić information content (AvgIpc) is 2.88. The normalized spacial score (nSPS) is 17.9. The highest BCUT2D eigenvalue weighted by Gasteiger charge is 2.31. The molecular formula is C17H23N3O5S2. The number of hydrogen-bond donors (Lipinski definition) is 1. The Morgan fingerprint density at radius 2 is 1.96 bits per heavy atom. The van der Waals surface area contributed by atoms with Crippen LogP contribution >= 0.6 is 11.3 Å². The van der Waals surface area contributed by atoms with E-state index in [0.29, 0.717) is 42.0 Å². The molecule has 27 heavy (non-hydrogen) atoms. The Balaban J connectivity index is 1.70. The van der Waals surface area contributed by atoms with E-state index >= 15 is 0 Å². The van der Waals surface area contributed by atoms with Crippen molar-refractivity contribution in [1.82, 2.24) is 14.3 Å². The summed E-state index contributed by atoms with van der Waals surface area (Å²) < 4.78 is 30.0. The van der Waals surface area contributed by atoms with E-state index in [9.17, 15) is 18.0 Å². The molecule has 1 unspecified atom stereocenters. The van der Waals surface area contributed by atoms with Crippen molar-refractivity contribution >= 4 is 37.5 Å². The molecule has 0 aliphatic carbocycles. The van der Waals surface area contributed by atoms with Crippen LogP contribution in [0.15, 0.2) is 4.79 Å². The highest BCUT2D eigenvalue weighted by atomic mass is 32.2. The van der Waals surface area contributed by atoms with Crippen LogP contribution in [0.4, 0.5) is 0 Å². The molecule has 1 aliphatic heterocycles. The zero-order chi connectivity index (χ0) is 19.9. The molecule has 1 atom stereocenters. The van der Waals surface area contributed by atoms with Crippen LogP contribution in [0.2, 0.25) is 0 Å². The average molecular weight is 414 g/mol. The molecule has 10 heteroatoms.